The Bertz CT molecular complexity index is 1480. The molecule has 0 spiro atoms. The number of aromatic nitrogens is 2. The summed E-state index contributed by atoms with van der Waals surface area (Å²) in [7, 11) is 3.94. The molecule has 0 radical (unpaired) electrons. The van der Waals surface area contributed by atoms with Crippen LogP contribution in [-0.2, 0) is 0 Å². The molecule has 1 aromatic heterocycles. The van der Waals surface area contributed by atoms with E-state index in [0.29, 0.717) is 35.5 Å². The molecule has 0 aliphatic rings. The van der Waals surface area contributed by atoms with Crippen molar-refractivity contribution in [3.63, 3.8) is 0 Å². The van der Waals surface area contributed by atoms with Gasteiger partial charge >= 0.3 is 6.03 Å². The topological polar surface area (TPSA) is 70.5 Å². The van der Waals surface area contributed by atoms with Crippen molar-refractivity contribution in [1.82, 2.24) is 19.4 Å². The Morgan fingerprint density at radius 1 is 1.03 bits per heavy atom. The van der Waals surface area contributed by atoms with Gasteiger partial charge in [-0.2, -0.15) is 0 Å². The van der Waals surface area contributed by atoms with Crippen LogP contribution in [-0.4, -0.2) is 52.6 Å². The molecule has 3 aromatic carbocycles. The number of hydrogen-bond donors (Lipinski definition) is 1. The van der Waals surface area contributed by atoms with E-state index in [2.05, 4.69) is 27.3 Å². The molecule has 192 valence electrons. The maximum Gasteiger partial charge on any atom is 0.322 e. The van der Waals surface area contributed by atoms with Crippen molar-refractivity contribution in [2.45, 2.75) is 26.8 Å². The minimum Gasteiger partial charge on any atom is -0.313 e. The number of aryl methyl sites for hydroxylation is 2. The van der Waals surface area contributed by atoms with Gasteiger partial charge in [-0.05, 0) is 82.9 Å². The first-order chi connectivity index (χ1) is 17.7. The average Bonchev–Trinajstić information content (AvgIpc) is 2.86. The maximum atomic E-state index is 13.9. The van der Waals surface area contributed by atoms with Crippen LogP contribution in [0, 0.1) is 13.8 Å². The summed E-state index contributed by atoms with van der Waals surface area (Å²) in [5, 5.41) is 3.55. The van der Waals surface area contributed by atoms with Crippen LogP contribution in [0.1, 0.15) is 29.9 Å². The van der Waals surface area contributed by atoms with Crippen LogP contribution < -0.4 is 10.9 Å². The van der Waals surface area contributed by atoms with E-state index < -0.39 is 6.04 Å². The number of carbonyl (C=O) groups excluding carboxylic acids is 1. The van der Waals surface area contributed by atoms with Gasteiger partial charge in [0.05, 0.1) is 22.6 Å². The second-order valence-corrected chi connectivity index (χ2v) is 10.4. The third kappa shape index (κ3) is 5.92. The number of fused-ring (bicyclic) bond motifs is 1. The summed E-state index contributed by atoms with van der Waals surface area (Å²) >= 11 is 3.43. The van der Waals surface area contributed by atoms with E-state index in [-0.39, 0.29) is 11.6 Å². The summed E-state index contributed by atoms with van der Waals surface area (Å²) in [6.07, 6.45) is 0. The highest BCUT2D eigenvalue weighted by molar-refractivity contribution is 9.10. The number of para-hydroxylation sites is 1. The van der Waals surface area contributed by atoms with Gasteiger partial charge in [0.25, 0.3) is 5.56 Å². The number of likely N-dealkylation sites (N-methyl/N-ethyl adjacent to an activating group) is 1. The Balaban J connectivity index is 1.85. The van der Waals surface area contributed by atoms with Crippen molar-refractivity contribution >= 4 is 38.6 Å². The fourth-order valence-corrected chi connectivity index (χ4v) is 4.63. The van der Waals surface area contributed by atoms with Crippen molar-refractivity contribution in [2.75, 3.05) is 32.5 Å². The fourth-order valence-electron chi connectivity index (χ4n) is 4.37. The second-order valence-electron chi connectivity index (χ2n) is 9.53. The summed E-state index contributed by atoms with van der Waals surface area (Å²) in [5.41, 5.74) is 3.98. The van der Waals surface area contributed by atoms with Crippen LogP contribution in [0.5, 0.6) is 0 Å². The van der Waals surface area contributed by atoms with Gasteiger partial charge in [0.2, 0.25) is 0 Å². The molecule has 8 heteroatoms. The lowest BCUT2D eigenvalue weighted by Gasteiger charge is -2.31. The number of benzene rings is 3. The fraction of sp³-hybridized carbons (Fsp3) is 0.276. The molecule has 0 saturated carbocycles. The van der Waals surface area contributed by atoms with Crippen molar-refractivity contribution in [3.8, 4) is 5.69 Å². The van der Waals surface area contributed by atoms with Gasteiger partial charge in [0, 0.05) is 23.2 Å². The van der Waals surface area contributed by atoms with Crippen molar-refractivity contribution in [3.05, 3.63) is 98.5 Å². The van der Waals surface area contributed by atoms with E-state index in [1.54, 1.807) is 15.5 Å². The quantitative estimate of drug-likeness (QED) is 0.304. The molecule has 1 N–H and O–H groups in total. The monoisotopic (exact) mass is 561 g/mol. The molecule has 0 aliphatic heterocycles. The molecular weight excluding hydrogens is 530 g/mol. The van der Waals surface area contributed by atoms with Crippen LogP contribution >= 0.6 is 15.9 Å². The van der Waals surface area contributed by atoms with E-state index in [1.807, 2.05) is 94.4 Å². The van der Waals surface area contributed by atoms with Gasteiger partial charge in [0.15, 0.2) is 0 Å². The lowest BCUT2D eigenvalue weighted by molar-refractivity contribution is 0.181. The van der Waals surface area contributed by atoms with Crippen LogP contribution in [0.4, 0.5) is 10.5 Å². The normalized spacial score (nSPS) is 12.1. The minimum atomic E-state index is -0.492. The smallest absolute Gasteiger partial charge is 0.313 e. The summed E-state index contributed by atoms with van der Waals surface area (Å²) in [6.45, 7) is 7.04. The number of rotatable bonds is 7. The zero-order valence-electron chi connectivity index (χ0n) is 21.8. The molecular formula is C29H32BrN5O2. The first-order valence-electron chi connectivity index (χ1n) is 12.2. The van der Waals surface area contributed by atoms with Gasteiger partial charge in [-0.25, -0.2) is 9.78 Å². The van der Waals surface area contributed by atoms with Gasteiger partial charge in [0.1, 0.15) is 5.82 Å². The Morgan fingerprint density at radius 3 is 2.41 bits per heavy atom. The molecule has 7 nitrogen and oxygen atoms in total. The number of urea groups is 1. The van der Waals surface area contributed by atoms with Gasteiger partial charge < -0.3 is 15.1 Å². The molecule has 1 atom stereocenters. The highest BCUT2D eigenvalue weighted by Crippen LogP contribution is 2.26. The summed E-state index contributed by atoms with van der Waals surface area (Å²) in [5.74, 6) is 0.514. The van der Waals surface area contributed by atoms with Crippen LogP contribution in [0.25, 0.3) is 16.6 Å². The molecule has 0 fully saturated rings. The first-order valence-corrected chi connectivity index (χ1v) is 13.0. The zero-order chi connectivity index (χ0) is 26.7. The number of amides is 2. The molecule has 4 rings (SSSR count). The molecule has 0 saturated heterocycles. The third-order valence-electron chi connectivity index (χ3n) is 6.38. The molecule has 4 aromatic rings. The molecule has 2 amide bonds. The highest BCUT2D eigenvalue weighted by atomic mass is 79.9. The molecule has 0 aliphatic carbocycles. The Hall–Kier alpha value is -3.49. The predicted octanol–water partition coefficient (Wildman–Crippen LogP) is 5.92. The Morgan fingerprint density at radius 2 is 1.73 bits per heavy atom. The van der Waals surface area contributed by atoms with E-state index in [0.717, 1.165) is 21.3 Å². The van der Waals surface area contributed by atoms with Gasteiger partial charge in [-0.15, -0.1) is 0 Å². The van der Waals surface area contributed by atoms with E-state index in [4.69, 9.17) is 4.98 Å². The lowest BCUT2D eigenvalue weighted by atomic mass is 10.1. The average molecular weight is 563 g/mol. The van der Waals surface area contributed by atoms with Gasteiger partial charge in [-0.3, -0.25) is 9.36 Å². The van der Waals surface area contributed by atoms with E-state index >= 15 is 0 Å². The second kappa shape index (κ2) is 11.3. The number of nitrogens with one attached hydrogen (secondary N) is 1. The van der Waals surface area contributed by atoms with E-state index in [9.17, 15) is 9.59 Å². The SMILES string of the molecule is Cc1ccc(-n2c(C(C)N(CCN(C)C)C(=O)Nc3ccc(Br)cc3)nc3ccccc3c2=O)c(C)c1. The minimum absolute atomic E-state index is 0.153. The first kappa shape index (κ1) is 26.6. The van der Waals surface area contributed by atoms with Crippen LogP contribution in [0.15, 0.2) is 76.0 Å². The van der Waals surface area contributed by atoms with Crippen molar-refractivity contribution in [2.24, 2.45) is 0 Å². The molecule has 1 unspecified atom stereocenters. The summed E-state index contributed by atoms with van der Waals surface area (Å²) in [6, 6.07) is 20.0. The molecule has 37 heavy (non-hydrogen) atoms. The predicted molar refractivity (Wildman–Crippen MR) is 154 cm³/mol. The standard InChI is InChI=1S/C29H32BrN5O2/c1-19-10-15-26(20(2)18-19)35-27(32-25-9-7-6-8-24(25)28(35)36)21(3)34(17-16-33(4)5)29(37)31-23-13-11-22(30)12-14-23/h6-15,18,21H,16-17H2,1-5H3,(H,31,37). The third-order valence-corrected chi connectivity index (χ3v) is 6.91. The number of nitrogens with zero attached hydrogens (tertiary/aromatic N) is 4. The summed E-state index contributed by atoms with van der Waals surface area (Å²) in [4.78, 5) is 36.2. The zero-order valence-corrected chi connectivity index (χ0v) is 23.4. The molecule has 1 heterocycles. The van der Waals surface area contributed by atoms with Crippen molar-refractivity contribution in [1.29, 1.82) is 0 Å². The number of hydrogen-bond acceptors (Lipinski definition) is 4. The lowest BCUT2D eigenvalue weighted by Crippen LogP contribution is -2.43. The highest BCUT2D eigenvalue weighted by Gasteiger charge is 2.27. The number of halogens is 1. The largest absolute Gasteiger partial charge is 0.322 e. The maximum absolute atomic E-state index is 13.9. The summed E-state index contributed by atoms with van der Waals surface area (Å²) < 4.78 is 2.60. The Kier molecular flexibility index (Phi) is 8.10. The van der Waals surface area contributed by atoms with Crippen LogP contribution in [0.3, 0.4) is 0 Å². The number of carbonyl (C=O) groups is 1. The molecule has 0 bridgehead atoms. The Labute approximate surface area is 225 Å². The van der Waals surface area contributed by atoms with Gasteiger partial charge in [-0.1, -0.05) is 45.8 Å². The van der Waals surface area contributed by atoms with Crippen LogP contribution in [0.2, 0.25) is 0 Å². The number of anilines is 1. The van der Waals surface area contributed by atoms with Crippen molar-refractivity contribution < 1.29 is 4.79 Å². The van der Waals surface area contributed by atoms with E-state index in [1.165, 1.54) is 0 Å².